The monoisotopic (exact) mass is 845 g/mol. The molecular formula is C47H52FN7O5S. The third-order valence-corrected chi connectivity index (χ3v) is 14.1. The van der Waals surface area contributed by atoms with Gasteiger partial charge in [-0.25, -0.2) is 14.2 Å². The Hall–Kier alpha value is -5.31. The Morgan fingerprint density at radius 2 is 1.90 bits per heavy atom. The maximum absolute atomic E-state index is 16.6. The van der Waals surface area contributed by atoms with Gasteiger partial charge in [-0.3, -0.25) is 14.4 Å². The average Bonchev–Trinajstić information content (AvgIpc) is 4.12. The maximum atomic E-state index is 16.6. The molecule has 0 saturated carbocycles. The molecule has 3 fully saturated rings. The van der Waals surface area contributed by atoms with E-state index in [4.69, 9.17) is 19.2 Å². The minimum atomic E-state index is -0.686. The average molecular weight is 846 g/mol. The second-order valence-corrected chi connectivity index (χ2v) is 18.3. The summed E-state index contributed by atoms with van der Waals surface area (Å²) in [6.45, 7) is 4.78. The molecule has 8 heterocycles. The molecule has 5 aliphatic rings. The van der Waals surface area contributed by atoms with E-state index in [-0.39, 0.29) is 29.7 Å². The third kappa shape index (κ3) is 7.67. The van der Waals surface area contributed by atoms with Gasteiger partial charge in [0.05, 0.1) is 58.4 Å². The summed E-state index contributed by atoms with van der Waals surface area (Å²) in [5, 5.41) is 7.32. The van der Waals surface area contributed by atoms with E-state index in [1.807, 2.05) is 11.0 Å². The van der Waals surface area contributed by atoms with Crippen LogP contribution in [0.15, 0.2) is 65.8 Å². The van der Waals surface area contributed by atoms with Crippen molar-refractivity contribution in [1.82, 2.24) is 30.1 Å². The number of amides is 2. The molecule has 3 aromatic heterocycles. The number of ether oxygens (including phenoxy) is 3. The summed E-state index contributed by atoms with van der Waals surface area (Å²) in [5.41, 5.74) is 6.39. The predicted molar refractivity (Wildman–Crippen MR) is 234 cm³/mol. The smallest absolute Gasteiger partial charge is 0.407 e. The molecule has 4 atom stereocenters. The van der Waals surface area contributed by atoms with Crippen LogP contribution in [0, 0.1) is 18.7 Å². The molecule has 4 unspecified atom stereocenters. The van der Waals surface area contributed by atoms with E-state index < -0.39 is 18.4 Å². The van der Waals surface area contributed by atoms with Gasteiger partial charge >= 0.3 is 6.09 Å². The van der Waals surface area contributed by atoms with E-state index in [2.05, 4.69) is 74.6 Å². The number of carbonyl (C=O) groups excluding carboxylic acids is 2. The molecule has 0 bridgehead atoms. The van der Waals surface area contributed by atoms with Crippen LogP contribution >= 0.6 is 11.3 Å². The Balaban J connectivity index is 0.996. The number of alkyl carbamates (subject to hydrolysis) is 1. The zero-order chi connectivity index (χ0) is 41.6. The maximum Gasteiger partial charge on any atom is 0.407 e. The fourth-order valence-corrected chi connectivity index (χ4v) is 10.9. The lowest BCUT2D eigenvalue weighted by atomic mass is 9.90. The highest BCUT2D eigenvalue weighted by atomic mass is 32.1. The minimum absolute atomic E-state index is 0.0313. The van der Waals surface area contributed by atoms with Gasteiger partial charge in [0.15, 0.2) is 0 Å². The number of hydrogen-bond acceptors (Lipinski definition) is 9. The first kappa shape index (κ1) is 39.8. The number of carbonyl (C=O) groups is 2. The van der Waals surface area contributed by atoms with Gasteiger partial charge in [-0.05, 0) is 126 Å². The Bertz CT molecular complexity index is 2530. The zero-order valence-corrected chi connectivity index (χ0v) is 35.5. The van der Waals surface area contributed by atoms with Gasteiger partial charge in [-0.15, -0.1) is 11.3 Å². The van der Waals surface area contributed by atoms with Crippen LogP contribution in [0.25, 0.3) is 39.1 Å². The van der Waals surface area contributed by atoms with Crippen molar-refractivity contribution in [2.45, 2.75) is 95.5 Å². The normalized spacial score (nSPS) is 22.4. The first-order valence-electron chi connectivity index (χ1n) is 21.8. The molecule has 0 radical (unpaired) electrons. The number of imidazole rings is 1. The molecule has 0 spiro atoms. The van der Waals surface area contributed by atoms with Gasteiger partial charge in [0.2, 0.25) is 12.1 Å². The molecule has 3 saturated heterocycles. The number of H-pyrrole nitrogens is 1. The second-order valence-electron chi connectivity index (χ2n) is 16.9. The quantitative estimate of drug-likeness (QED) is 0.142. The number of thiophene rings is 1. The van der Waals surface area contributed by atoms with Crippen molar-refractivity contribution < 1.29 is 28.2 Å². The second kappa shape index (κ2) is 16.9. The van der Waals surface area contributed by atoms with Gasteiger partial charge in [-0.1, -0.05) is 12.1 Å². The number of nitrogens with one attached hydrogen (secondary N) is 3. The Kier molecular flexibility index (Phi) is 11.0. The third-order valence-electron chi connectivity index (χ3n) is 13.1. The minimum Gasteiger partial charge on any atom is -0.464 e. The SMILES string of the molecule is COC(=O)NC(C(=O)N1CCCC1C1=NC(c2ccc3c(c2)cc2n3C(c3ccc(C)s3)Oc3cc(-c4cnc(C5CCCN5)[nH]4)cc(F)c3-2)=CCCCC1)C1CCOCC1. The molecule has 0 aliphatic carbocycles. The van der Waals surface area contributed by atoms with Crippen molar-refractivity contribution in [1.29, 1.82) is 0 Å². The molecule has 2 aromatic carbocycles. The summed E-state index contributed by atoms with van der Waals surface area (Å²) in [5.74, 6) is 0.887. The van der Waals surface area contributed by atoms with Gasteiger partial charge < -0.3 is 34.7 Å². The summed E-state index contributed by atoms with van der Waals surface area (Å²) in [6, 6.07) is 15.5. The van der Waals surface area contributed by atoms with Crippen LogP contribution in [0.3, 0.4) is 0 Å². The number of fused-ring (bicyclic) bond motifs is 5. The number of methoxy groups -OCH3 is 1. The molecular weight excluding hydrogens is 794 g/mol. The van der Waals surface area contributed by atoms with Crippen LogP contribution in [0.5, 0.6) is 5.75 Å². The Morgan fingerprint density at radius 1 is 1.02 bits per heavy atom. The van der Waals surface area contributed by atoms with Crippen molar-refractivity contribution in [3.8, 4) is 28.3 Å². The zero-order valence-electron chi connectivity index (χ0n) is 34.7. The standard InChI is InChI=1S/C47H52FN7O5S/c1-27-12-15-41(61-27)46-55-37-14-13-29(22-31(37)24-39(55)42-32(48)23-30(25-40(42)60-46)36-26-50-44(52-36)35-10-6-18-49-35)33-8-4-3-5-9-34(51-33)38-11-7-19-54(38)45(56)43(53-47(57)58-2)28-16-20-59-21-17-28/h8,12-15,22-26,28,35,38,43,46,49H,3-7,9-11,16-21H2,1-2H3,(H,50,52)(H,53,57). The molecule has 318 valence electrons. The van der Waals surface area contributed by atoms with Gasteiger partial charge in [0.1, 0.15) is 23.4 Å². The number of likely N-dealkylation sites (tertiary alicyclic amines) is 1. The largest absolute Gasteiger partial charge is 0.464 e. The Labute approximate surface area is 358 Å². The van der Waals surface area contributed by atoms with Crippen molar-refractivity contribution in [2.75, 3.05) is 33.4 Å². The van der Waals surface area contributed by atoms with Crippen LogP contribution in [-0.4, -0.2) is 82.6 Å². The number of hydrogen-bond donors (Lipinski definition) is 3. The van der Waals surface area contributed by atoms with Crippen molar-refractivity contribution in [3.05, 3.63) is 87.8 Å². The number of rotatable bonds is 8. The summed E-state index contributed by atoms with van der Waals surface area (Å²) < 4.78 is 36.1. The highest BCUT2D eigenvalue weighted by molar-refractivity contribution is 7.12. The number of allylic oxidation sites excluding steroid dienone is 1. The number of aryl methyl sites for hydroxylation is 1. The van der Waals surface area contributed by atoms with Crippen LogP contribution in [-0.2, 0) is 14.3 Å². The van der Waals surface area contributed by atoms with E-state index in [1.54, 1.807) is 23.6 Å². The molecule has 10 rings (SSSR count). The van der Waals surface area contributed by atoms with Crippen LogP contribution < -0.4 is 15.4 Å². The topological polar surface area (TPSA) is 135 Å². The van der Waals surface area contributed by atoms with Crippen LogP contribution in [0.4, 0.5) is 9.18 Å². The lowest BCUT2D eigenvalue weighted by molar-refractivity contribution is -0.135. The van der Waals surface area contributed by atoms with Crippen LogP contribution in [0.2, 0.25) is 0 Å². The predicted octanol–water partition coefficient (Wildman–Crippen LogP) is 9.07. The van der Waals surface area contributed by atoms with E-state index in [9.17, 15) is 9.59 Å². The van der Waals surface area contributed by atoms with Gasteiger partial charge in [0, 0.05) is 46.9 Å². The highest BCUT2D eigenvalue weighted by Gasteiger charge is 2.40. The summed E-state index contributed by atoms with van der Waals surface area (Å²) in [7, 11) is 1.33. The lowest BCUT2D eigenvalue weighted by Crippen LogP contribution is -2.55. The van der Waals surface area contributed by atoms with E-state index in [0.29, 0.717) is 49.5 Å². The number of nitrogens with zero attached hydrogens (tertiary/aromatic N) is 4. The molecule has 61 heavy (non-hydrogen) atoms. The lowest BCUT2D eigenvalue weighted by Gasteiger charge is -2.35. The van der Waals surface area contributed by atoms with E-state index in [0.717, 1.165) is 108 Å². The van der Waals surface area contributed by atoms with Gasteiger partial charge in [-0.2, -0.15) is 0 Å². The van der Waals surface area contributed by atoms with E-state index in [1.165, 1.54) is 12.0 Å². The fourth-order valence-electron chi connectivity index (χ4n) is 9.98. The number of aromatic nitrogens is 3. The number of aromatic amines is 1. The molecule has 5 aromatic rings. The van der Waals surface area contributed by atoms with Crippen molar-refractivity contribution in [2.24, 2.45) is 10.9 Å². The molecule has 14 heteroatoms. The Morgan fingerprint density at radius 3 is 2.70 bits per heavy atom. The summed E-state index contributed by atoms with van der Waals surface area (Å²) in [4.78, 5) is 44.5. The first-order valence-corrected chi connectivity index (χ1v) is 22.7. The molecule has 5 aliphatic heterocycles. The van der Waals surface area contributed by atoms with Gasteiger partial charge in [0.25, 0.3) is 0 Å². The molecule has 2 amide bonds. The van der Waals surface area contributed by atoms with Crippen LogP contribution in [0.1, 0.15) is 97.6 Å². The number of halogens is 1. The van der Waals surface area contributed by atoms with Crippen molar-refractivity contribution in [3.63, 3.8) is 0 Å². The first-order chi connectivity index (χ1) is 29.8. The van der Waals surface area contributed by atoms with E-state index >= 15 is 4.39 Å². The molecule has 12 nitrogen and oxygen atoms in total. The summed E-state index contributed by atoms with van der Waals surface area (Å²) in [6.07, 6.45) is 11.8. The molecule has 3 N–H and O–H groups in total. The fraction of sp³-hybridized carbons (Fsp3) is 0.447. The number of aliphatic imine (C=N–C) groups is 1. The summed E-state index contributed by atoms with van der Waals surface area (Å²) >= 11 is 1.67. The van der Waals surface area contributed by atoms with Crippen molar-refractivity contribution >= 4 is 45.6 Å². The highest BCUT2D eigenvalue weighted by Crippen LogP contribution is 2.48. The number of benzene rings is 2.